The number of rotatable bonds is 7. The molecule has 0 fully saturated rings. The fourth-order valence-electron chi connectivity index (χ4n) is 2.37. The second-order valence-corrected chi connectivity index (χ2v) is 5.35. The Labute approximate surface area is 136 Å². The van der Waals surface area contributed by atoms with E-state index in [4.69, 9.17) is 4.74 Å². The third-order valence-electron chi connectivity index (χ3n) is 3.68. The largest absolute Gasteiger partial charge is 0.481 e. The van der Waals surface area contributed by atoms with Gasteiger partial charge in [-0.25, -0.2) is 4.39 Å². The third kappa shape index (κ3) is 4.81. The number of halogens is 1. The Hall–Kier alpha value is -2.36. The van der Waals surface area contributed by atoms with Crippen LogP contribution in [0.4, 0.5) is 4.39 Å². The zero-order valence-corrected chi connectivity index (χ0v) is 13.5. The first kappa shape index (κ1) is 17.0. The average Bonchev–Trinajstić information content (AvgIpc) is 2.59. The molecule has 122 valence electrons. The first-order valence-corrected chi connectivity index (χ1v) is 7.91. The Morgan fingerprint density at radius 3 is 2.26 bits per heavy atom. The number of amides is 1. The van der Waals surface area contributed by atoms with Crippen molar-refractivity contribution in [2.75, 3.05) is 0 Å². The van der Waals surface area contributed by atoms with Gasteiger partial charge in [0.25, 0.3) is 5.91 Å². The van der Waals surface area contributed by atoms with Gasteiger partial charge in [0, 0.05) is 0 Å². The first-order chi connectivity index (χ1) is 11.1. The lowest BCUT2D eigenvalue weighted by Crippen LogP contribution is -2.39. The Morgan fingerprint density at radius 2 is 1.70 bits per heavy atom. The minimum absolute atomic E-state index is 0.0467. The monoisotopic (exact) mass is 315 g/mol. The molecule has 0 heterocycles. The number of hydrogen-bond acceptors (Lipinski definition) is 2. The number of ether oxygens (including phenoxy) is 1. The fourth-order valence-corrected chi connectivity index (χ4v) is 2.37. The van der Waals surface area contributed by atoms with Crippen LogP contribution >= 0.6 is 0 Å². The fraction of sp³-hybridized carbons (Fsp3) is 0.316. The molecule has 3 nitrogen and oxygen atoms in total. The van der Waals surface area contributed by atoms with Crippen LogP contribution in [-0.4, -0.2) is 12.0 Å². The van der Waals surface area contributed by atoms with E-state index < -0.39 is 6.10 Å². The second kappa shape index (κ2) is 8.32. The molecule has 0 spiro atoms. The minimum Gasteiger partial charge on any atom is -0.481 e. The van der Waals surface area contributed by atoms with Crippen LogP contribution in [0.5, 0.6) is 5.75 Å². The van der Waals surface area contributed by atoms with Crippen LogP contribution in [0.15, 0.2) is 54.6 Å². The molecule has 2 aromatic rings. The number of carbonyl (C=O) groups excluding carboxylic acids is 1. The SMILES string of the molecule is CC[C@@H](Oc1ccc(F)cc1)C(=O)N[C@H](CC)c1ccccc1. The van der Waals surface area contributed by atoms with Crippen molar-refractivity contribution in [1.82, 2.24) is 5.32 Å². The topological polar surface area (TPSA) is 38.3 Å². The van der Waals surface area contributed by atoms with Crippen LogP contribution in [0, 0.1) is 5.82 Å². The molecule has 0 saturated heterocycles. The highest BCUT2D eigenvalue weighted by atomic mass is 19.1. The normalized spacial score (nSPS) is 13.2. The van der Waals surface area contributed by atoms with Gasteiger partial charge in [0.2, 0.25) is 0 Å². The van der Waals surface area contributed by atoms with Gasteiger partial charge in [0.15, 0.2) is 6.10 Å². The Morgan fingerprint density at radius 1 is 1.04 bits per heavy atom. The molecule has 0 radical (unpaired) electrons. The average molecular weight is 315 g/mol. The van der Waals surface area contributed by atoms with Gasteiger partial charge in [-0.05, 0) is 42.7 Å². The summed E-state index contributed by atoms with van der Waals surface area (Å²) >= 11 is 0. The molecule has 0 aliphatic heterocycles. The number of hydrogen-bond donors (Lipinski definition) is 1. The Balaban J connectivity index is 2.02. The van der Waals surface area contributed by atoms with Crippen molar-refractivity contribution in [3.05, 3.63) is 66.0 Å². The van der Waals surface area contributed by atoms with Crippen LogP contribution in [0.1, 0.15) is 38.3 Å². The van der Waals surface area contributed by atoms with Crippen molar-refractivity contribution in [1.29, 1.82) is 0 Å². The lowest BCUT2D eigenvalue weighted by molar-refractivity contribution is -0.128. The van der Waals surface area contributed by atoms with Crippen LogP contribution in [0.3, 0.4) is 0 Å². The van der Waals surface area contributed by atoms with Gasteiger partial charge in [0.1, 0.15) is 11.6 Å². The van der Waals surface area contributed by atoms with Crippen LogP contribution in [0.2, 0.25) is 0 Å². The van der Waals surface area contributed by atoms with Gasteiger partial charge in [-0.3, -0.25) is 4.79 Å². The van der Waals surface area contributed by atoms with Gasteiger partial charge in [-0.2, -0.15) is 0 Å². The Bertz CT molecular complexity index is 613. The van der Waals surface area contributed by atoms with Crippen molar-refractivity contribution >= 4 is 5.91 Å². The minimum atomic E-state index is -0.599. The summed E-state index contributed by atoms with van der Waals surface area (Å²) in [7, 11) is 0. The molecule has 1 N–H and O–H groups in total. The highest BCUT2D eigenvalue weighted by molar-refractivity contribution is 5.81. The highest BCUT2D eigenvalue weighted by Crippen LogP contribution is 2.18. The maximum atomic E-state index is 12.9. The molecule has 2 aromatic carbocycles. The molecule has 2 rings (SSSR count). The number of nitrogens with one attached hydrogen (secondary N) is 1. The van der Waals surface area contributed by atoms with E-state index in [9.17, 15) is 9.18 Å². The highest BCUT2D eigenvalue weighted by Gasteiger charge is 2.21. The van der Waals surface area contributed by atoms with Gasteiger partial charge in [0.05, 0.1) is 6.04 Å². The van der Waals surface area contributed by atoms with E-state index in [1.165, 1.54) is 24.3 Å². The summed E-state index contributed by atoms with van der Waals surface area (Å²) in [6, 6.07) is 15.5. The van der Waals surface area contributed by atoms with Crippen molar-refractivity contribution in [2.24, 2.45) is 0 Å². The van der Waals surface area contributed by atoms with Gasteiger partial charge in [-0.1, -0.05) is 44.2 Å². The maximum Gasteiger partial charge on any atom is 0.261 e. The molecule has 0 aromatic heterocycles. The van der Waals surface area contributed by atoms with E-state index in [1.54, 1.807) is 0 Å². The molecule has 4 heteroatoms. The van der Waals surface area contributed by atoms with E-state index in [-0.39, 0.29) is 17.8 Å². The third-order valence-corrected chi connectivity index (χ3v) is 3.68. The maximum absolute atomic E-state index is 12.9. The van der Waals surface area contributed by atoms with E-state index in [0.717, 1.165) is 12.0 Å². The molecule has 0 saturated carbocycles. The molecule has 23 heavy (non-hydrogen) atoms. The zero-order chi connectivity index (χ0) is 16.7. The molecule has 2 atom stereocenters. The predicted octanol–water partition coefficient (Wildman–Crippen LogP) is 4.25. The van der Waals surface area contributed by atoms with E-state index >= 15 is 0 Å². The molecule has 0 unspecified atom stereocenters. The summed E-state index contributed by atoms with van der Waals surface area (Å²) in [4.78, 5) is 12.5. The Kier molecular flexibility index (Phi) is 6.15. The summed E-state index contributed by atoms with van der Waals surface area (Å²) in [6.45, 7) is 3.91. The number of benzene rings is 2. The summed E-state index contributed by atoms with van der Waals surface area (Å²) in [6.07, 6.45) is 0.732. The summed E-state index contributed by atoms with van der Waals surface area (Å²) < 4.78 is 18.6. The van der Waals surface area contributed by atoms with Crippen molar-refractivity contribution in [2.45, 2.75) is 38.8 Å². The standard InChI is InChI=1S/C19H22FNO2/c1-3-17(14-8-6-5-7-9-14)21-19(22)18(4-2)23-16-12-10-15(20)11-13-16/h5-13,17-18H,3-4H2,1-2H3,(H,21,22)/t17-,18-/m1/s1. The van der Waals surface area contributed by atoms with E-state index in [1.807, 2.05) is 44.2 Å². The smallest absolute Gasteiger partial charge is 0.261 e. The molecular formula is C19H22FNO2. The van der Waals surface area contributed by atoms with E-state index in [0.29, 0.717) is 12.2 Å². The van der Waals surface area contributed by atoms with Crippen molar-refractivity contribution in [3.8, 4) is 5.75 Å². The van der Waals surface area contributed by atoms with Crippen molar-refractivity contribution < 1.29 is 13.9 Å². The van der Waals surface area contributed by atoms with Gasteiger partial charge in [-0.15, -0.1) is 0 Å². The van der Waals surface area contributed by atoms with Gasteiger partial charge < -0.3 is 10.1 Å². The van der Waals surface area contributed by atoms with Crippen LogP contribution in [-0.2, 0) is 4.79 Å². The molecule has 0 aliphatic carbocycles. The lowest BCUT2D eigenvalue weighted by atomic mass is 10.0. The number of carbonyl (C=O) groups is 1. The molecule has 0 aliphatic rings. The quantitative estimate of drug-likeness (QED) is 0.829. The first-order valence-electron chi connectivity index (χ1n) is 7.91. The molecule has 0 bridgehead atoms. The lowest BCUT2D eigenvalue weighted by Gasteiger charge is -2.22. The molecule has 1 amide bonds. The summed E-state index contributed by atoms with van der Waals surface area (Å²) in [5.41, 5.74) is 1.07. The zero-order valence-electron chi connectivity index (χ0n) is 13.5. The second-order valence-electron chi connectivity index (χ2n) is 5.35. The molecular weight excluding hydrogens is 293 g/mol. The summed E-state index contributed by atoms with van der Waals surface area (Å²) in [5.74, 6) is -0.00124. The van der Waals surface area contributed by atoms with Gasteiger partial charge >= 0.3 is 0 Å². The predicted molar refractivity (Wildman–Crippen MR) is 88.7 cm³/mol. The summed E-state index contributed by atoms with van der Waals surface area (Å²) in [5, 5.41) is 3.03. The van der Waals surface area contributed by atoms with E-state index in [2.05, 4.69) is 5.32 Å². The van der Waals surface area contributed by atoms with Crippen molar-refractivity contribution in [3.63, 3.8) is 0 Å². The van der Waals surface area contributed by atoms with Crippen LogP contribution in [0.25, 0.3) is 0 Å². The van der Waals surface area contributed by atoms with Crippen LogP contribution < -0.4 is 10.1 Å².